The van der Waals surface area contributed by atoms with Crippen LogP contribution in [0.25, 0.3) is 0 Å². The zero-order chi connectivity index (χ0) is 11.4. The van der Waals surface area contributed by atoms with Crippen LogP contribution in [0.3, 0.4) is 0 Å². The smallest absolute Gasteiger partial charge is 0.0935 e. The van der Waals surface area contributed by atoms with Crippen molar-refractivity contribution in [3.63, 3.8) is 0 Å². The largest absolute Gasteiger partial charge is 0.472 e. The maximum Gasteiger partial charge on any atom is 0.0935 e. The molecule has 0 amide bonds. The molecule has 1 heterocycles. The molecule has 1 fully saturated rings. The van der Waals surface area contributed by atoms with Gasteiger partial charge in [0.25, 0.3) is 0 Å². The van der Waals surface area contributed by atoms with Crippen LogP contribution in [0.4, 0.5) is 0 Å². The molecule has 0 aromatic carbocycles. The molecule has 3 nitrogen and oxygen atoms in total. The highest BCUT2D eigenvalue weighted by molar-refractivity contribution is 5.08. The Bertz CT molecular complexity index is 289. The maximum absolute atomic E-state index is 5.67. The number of hydrogen-bond donors (Lipinski definition) is 2. The van der Waals surface area contributed by atoms with Gasteiger partial charge in [0.15, 0.2) is 0 Å². The first-order chi connectivity index (χ1) is 7.79. The average Bonchev–Trinajstić information content (AvgIpc) is 2.80. The Hall–Kier alpha value is -0.800. The van der Waals surface area contributed by atoms with Crippen LogP contribution in [-0.4, -0.2) is 6.04 Å². The average molecular weight is 222 g/mol. The van der Waals surface area contributed by atoms with E-state index in [0.717, 1.165) is 18.3 Å². The summed E-state index contributed by atoms with van der Waals surface area (Å²) >= 11 is 0. The summed E-state index contributed by atoms with van der Waals surface area (Å²) in [6.45, 7) is 2.34. The van der Waals surface area contributed by atoms with Crippen molar-refractivity contribution in [3.8, 4) is 0 Å². The minimum atomic E-state index is 0.394. The number of hydrogen-bond acceptors (Lipinski definition) is 3. The van der Waals surface area contributed by atoms with E-state index in [2.05, 4.69) is 12.3 Å². The molecule has 0 saturated heterocycles. The molecule has 1 aromatic heterocycles. The highest BCUT2D eigenvalue weighted by atomic mass is 16.3. The molecule has 1 aliphatic rings. The topological polar surface area (TPSA) is 51.2 Å². The summed E-state index contributed by atoms with van der Waals surface area (Å²) in [4.78, 5) is 0. The lowest BCUT2D eigenvalue weighted by Gasteiger charge is -2.32. The predicted molar refractivity (Wildman–Crippen MR) is 64.6 cm³/mol. The minimum Gasteiger partial charge on any atom is -0.472 e. The summed E-state index contributed by atoms with van der Waals surface area (Å²) in [7, 11) is 0. The Balaban J connectivity index is 1.89. The van der Waals surface area contributed by atoms with Crippen LogP contribution in [0.5, 0.6) is 0 Å². The van der Waals surface area contributed by atoms with Crippen molar-refractivity contribution in [1.29, 1.82) is 0 Å². The van der Waals surface area contributed by atoms with Gasteiger partial charge in [0.05, 0.1) is 12.5 Å². The van der Waals surface area contributed by atoms with Gasteiger partial charge in [0.2, 0.25) is 0 Å². The molecule has 90 valence electrons. The Morgan fingerprint density at radius 3 is 2.75 bits per heavy atom. The lowest BCUT2D eigenvalue weighted by Crippen LogP contribution is -2.43. The van der Waals surface area contributed by atoms with Crippen molar-refractivity contribution < 1.29 is 4.42 Å². The Kier molecular flexibility index (Phi) is 4.02. The van der Waals surface area contributed by atoms with E-state index in [1.807, 2.05) is 12.3 Å². The van der Waals surface area contributed by atoms with Gasteiger partial charge in [-0.05, 0) is 42.7 Å². The van der Waals surface area contributed by atoms with Crippen molar-refractivity contribution in [2.75, 3.05) is 0 Å². The van der Waals surface area contributed by atoms with Crippen molar-refractivity contribution in [2.45, 2.75) is 45.1 Å². The molecular formula is C13H22N2O. The molecule has 1 aliphatic carbocycles. The molecule has 0 spiro atoms. The molecule has 1 unspecified atom stereocenters. The van der Waals surface area contributed by atoms with E-state index in [-0.39, 0.29) is 0 Å². The van der Waals surface area contributed by atoms with Crippen molar-refractivity contribution in [3.05, 3.63) is 24.2 Å². The summed E-state index contributed by atoms with van der Waals surface area (Å²) in [5, 5.41) is 0. The molecular weight excluding hydrogens is 200 g/mol. The van der Waals surface area contributed by atoms with E-state index in [4.69, 9.17) is 10.3 Å². The molecule has 1 saturated carbocycles. The maximum atomic E-state index is 5.67. The standard InChI is InChI=1S/C13H22N2O/c1-10-2-4-12(5-3-10)13(15-14)8-11-6-7-16-9-11/h6-7,9-10,12-13,15H,2-5,8,14H2,1H3. The quantitative estimate of drug-likeness (QED) is 0.608. The van der Waals surface area contributed by atoms with E-state index in [0.29, 0.717) is 6.04 Å². The SMILES string of the molecule is CC1CCC(C(Cc2ccoc2)NN)CC1. The number of nitrogens with two attached hydrogens (primary N) is 1. The summed E-state index contributed by atoms with van der Waals surface area (Å²) < 4.78 is 5.10. The van der Waals surface area contributed by atoms with Crippen LogP contribution < -0.4 is 11.3 Å². The third-order valence-corrected chi connectivity index (χ3v) is 3.88. The lowest BCUT2D eigenvalue weighted by molar-refractivity contribution is 0.229. The third kappa shape index (κ3) is 2.86. The van der Waals surface area contributed by atoms with Gasteiger partial charge in [0, 0.05) is 6.04 Å². The number of hydrazine groups is 1. The van der Waals surface area contributed by atoms with Crippen LogP contribution in [0.2, 0.25) is 0 Å². The molecule has 0 radical (unpaired) electrons. The number of furan rings is 1. The van der Waals surface area contributed by atoms with Gasteiger partial charge < -0.3 is 4.42 Å². The Morgan fingerprint density at radius 2 is 2.19 bits per heavy atom. The van der Waals surface area contributed by atoms with Gasteiger partial charge in [-0.15, -0.1) is 0 Å². The zero-order valence-electron chi connectivity index (χ0n) is 9.99. The summed E-state index contributed by atoms with van der Waals surface area (Å²) in [5.41, 5.74) is 4.22. The fraction of sp³-hybridized carbons (Fsp3) is 0.692. The second-order valence-electron chi connectivity index (χ2n) is 5.13. The highest BCUT2D eigenvalue weighted by Gasteiger charge is 2.25. The normalized spacial score (nSPS) is 27.9. The van der Waals surface area contributed by atoms with E-state index >= 15 is 0 Å². The monoisotopic (exact) mass is 222 g/mol. The molecule has 2 rings (SSSR count). The van der Waals surface area contributed by atoms with Gasteiger partial charge in [-0.1, -0.05) is 19.8 Å². The predicted octanol–water partition coefficient (Wildman–Crippen LogP) is 2.48. The van der Waals surface area contributed by atoms with Gasteiger partial charge in [-0.25, -0.2) is 0 Å². The van der Waals surface area contributed by atoms with Crippen LogP contribution in [-0.2, 0) is 6.42 Å². The van der Waals surface area contributed by atoms with E-state index in [1.54, 1.807) is 6.26 Å². The number of rotatable bonds is 4. The fourth-order valence-electron chi connectivity index (χ4n) is 2.71. The molecule has 16 heavy (non-hydrogen) atoms. The van der Waals surface area contributed by atoms with Crippen LogP contribution in [0, 0.1) is 11.8 Å². The first-order valence-electron chi connectivity index (χ1n) is 6.26. The van der Waals surface area contributed by atoms with Crippen LogP contribution in [0.1, 0.15) is 38.2 Å². The molecule has 1 aromatic rings. The third-order valence-electron chi connectivity index (χ3n) is 3.88. The van der Waals surface area contributed by atoms with Gasteiger partial charge >= 0.3 is 0 Å². The molecule has 0 aliphatic heterocycles. The second kappa shape index (κ2) is 5.51. The van der Waals surface area contributed by atoms with E-state index < -0.39 is 0 Å². The van der Waals surface area contributed by atoms with Crippen molar-refractivity contribution in [1.82, 2.24) is 5.43 Å². The van der Waals surface area contributed by atoms with Gasteiger partial charge in [-0.3, -0.25) is 11.3 Å². The Labute approximate surface area is 97.4 Å². The van der Waals surface area contributed by atoms with Crippen LogP contribution in [0.15, 0.2) is 23.0 Å². The lowest BCUT2D eigenvalue weighted by atomic mass is 9.78. The second-order valence-corrected chi connectivity index (χ2v) is 5.13. The molecule has 1 atom stereocenters. The molecule has 3 N–H and O–H groups in total. The highest BCUT2D eigenvalue weighted by Crippen LogP contribution is 2.31. The van der Waals surface area contributed by atoms with E-state index in [1.165, 1.54) is 31.2 Å². The molecule has 0 bridgehead atoms. The minimum absolute atomic E-state index is 0.394. The Morgan fingerprint density at radius 1 is 1.44 bits per heavy atom. The first-order valence-corrected chi connectivity index (χ1v) is 6.26. The van der Waals surface area contributed by atoms with Crippen LogP contribution >= 0.6 is 0 Å². The van der Waals surface area contributed by atoms with Gasteiger partial charge in [-0.2, -0.15) is 0 Å². The van der Waals surface area contributed by atoms with E-state index in [9.17, 15) is 0 Å². The van der Waals surface area contributed by atoms with Crippen molar-refractivity contribution in [2.24, 2.45) is 17.7 Å². The summed E-state index contributed by atoms with van der Waals surface area (Å²) in [5.74, 6) is 7.29. The first kappa shape index (κ1) is 11.7. The molecule has 3 heteroatoms. The zero-order valence-corrected chi connectivity index (χ0v) is 9.99. The fourth-order valence-corrected chi connectivity index (χ4v) is 2.71. The summed E-state index contributed by atoms with van der Waals surface area (Å²) in [6.07, 6.45) is 9.80. The van der Waals surface area contributed by atoms with Crippen molar-refractivity contribution >= 4 is 0 Å². The van der Waals surface area contributed by atoms with Gasteiger partial charge in [0.1, 0.15) is 0 Å². The summed E-state index contributed by atoms with van der Waals surface area (Å²) in [6, 6.07) is 2.42. The number of nitrogens with one attached hydrogen (secondary N) is 1.